The van der Waals surface area contributed by atoms with E-state index >= 15 is 0 Å². The van der Waals surface area contributed by atoms with Gasteiger partial charge in [-0.15, -0.1) is 11.3 Å². The summed E-state index contributed by atoms with van der Waals surface area (Å²) in [6.45, 7) is 2.58. The second kappa shape index (κ2) is 8.79. The Kier molecular flexibility index (Phi) is 6.39. The van der Waals surface area contributed by atoms with Crippen molar-refractivity contribution in [2.45, 2.75) is 51.5 Å². The smallest absolute Gasteiger partial charge is 0.228 e. The summed E-state index contributed by atoms with van der Waals surface area (Å²) in [6.07, 6.45) is 4.33. The second-order valence-corrected chi connectivity index (χ2v) is 11.8. The molecule has 2 aliphatic rings. The maximum absolute atomic E-state index is 13.6. The van der Waals surface area contributed by atoms with Gasteiger partial charge in [-0.3, -0.25) is 4.79 Å². The molecule has 2 heterocycles. The summed E-state index contributed by atoms with van der Waals surface area (Å²) in [7, 11) is -3.60. The van der Waals surface area contributed by atoms with Crippen LogP contribution in [0.15, 0.2) is 23.6 Å². The van der Waals surface area contributed by atoms with Gasteiger partial charge in [-0.05, 0) is 43.7 Å². The minimum Gasteiger partial charge on any atom is -0.339 e. The zero-order valence-corrected chi connectivity index (χ0v) is 19.5. The Morgan fingerprint density at radius 3 is 2.56 bits per heavy atom. The summed E-state index contributed by atoms with van der Waals surface area (Å²) in [5.41, 5.74) is 0.740. The van der Waals surface area contributed by atoms with Gasteiger partial charge in [0.1, 0.15) is 16.6 Å². The highest BCUT2D eigenvalue weighted by atomic mass is 32.2. The Balaban J connectivity index is 1.56. The summed E-state index contributed by atoms with van der Waals surface area (Å²) in [6, 6.07) is 3.12. The van der Waals surface area contributed by atoms with E-state index in [1.807, 2.05) is 17.2 Å². The number of likely N-dealkylation sites (tertiary alicyclic amines) is 1. The molecule has 1 aliphatic heterocycles. The predicted octanol–water partition coefficient (Wildman–Crippen LogP) is 3.72. The number of carbonyl (C=O) groups is 1. The number of benzene rings is 1. The van der Waals surface area contributed by atoms with Crippen molar-refractivity contribution in [3.8, 4) is 10.6 Å². The molecule has 2 fully saturated rings. The molecule has 1 saturated carbocycles. The van der Waals surface area contributed by atoms with E-state index in [0.717, 1.165) is 31.0 Å². The molecular weight excluding hydrogens is 456 g/mol. The van der Waals surface area contributed by atoms with Gasteiger partial charge < -0.3 is 4.90 Å². The number of rotatable bonds is 7. The van der Waals surface area contributed by atoms with Crippen LogP contribution >= 0.6 is 11.3 Å². The molecule has 1 aliphatic carbocycles. The van der Waals surface area contributed by atoms with Crippen LogP contribution in [0.2, 0.25) is 0 Å². The fourth-order valence-electron chi connectivity index (χ4n) is 4.79. The number of primary sulfonamides is 1. The number of carbonyl (C=O) groups excluding carboxylic acids is 1. The molecule has 4 rings (SSSR count). The number of nitrogens with two attached hydrogens (primary N) is 1. The van der Waals surface area contributed by atoms with Gasteiger partial charge in [0, 0.05) is 41.4 Å². The average Bonchev–Trinajstić information content (AvgIpc) is 3.30. The molecule has 1 aromatic carbocycles. The number of thiazole rings is 1. The Labute approximate surface area is 190 Å². The van der Waals surface area contributed by atoms with Gasteiger partial charge in [0.05, 0.1) is 11.4 Å². The monoisotopic (exact) mass is 483 g/mol. The van der Waals surface area contributed by atoms with E-state index in [1.165, 1.54) is 23.5 Å². The van der Waals surface area contributed by atoms with Crippen molar-refractivity contribution in [2.75, 3.05) is 12.3 Å². The highest BCUT2D eigenvalue weighted by molar-refractivity contribution is 7.89. The zero-order valence-electron chi connectivity index (χ0n) is 17.9. The fraction of sp³-hybridized carbons (Fsp3) is 0.545. The van der Waals surface area contributed by atoms with Gasteiger partial charge in [-0.2, -0.15) is 0 Å². The molecule has 0 radical (unpaired) electrons. The van der Waals surface area contributed by atoms with E-state index in [4.69, 9.17) is 5.14 Å². The van der Waals surface area contributed by atoms with Crippen LogP contribution in [0, 0.1) is 23.0 Å². The lowest BCUT2D eigenvalue weighted by atomic mass is 9.69. The van der Waals surface area contributed by atoms with Gasteiger partial charge in [-0.1, -0.05) is 13.3 Å². The number of nitrogens with zero attached hydrogens (tertiary/aromatic N) is 2. The molecule has 32 heavy (non-hydrogen) atoms. The molecule has 1 amide bonds. The summed E-state index contributed by atoms with van der Waals surface area (Å²) < 4.78 is 50.3. The molecule has 6 nitrogen and oxygen atoms in total. The van der Waals surface area contributed by atoms with Crippen molar-refractivity contribution >= 4 is 27.3 Å². The van der Waals surface area contributed by atoms with Gasteiger partial charge in [-0.25, -0.2) is 27.3 Å². The molecule has 2 aromatic rings. The number of aromatic nitrogens is 1. The fourth-order valence-corrected chi connectivity index (χ4v) is 6.24. The molecule has 174 valence electrons. The van der Waals surface area contributed by atoms with E-state index in [0.29, 0.717) is 36.4 Å². The number of hydrogen-bond acceptors (Lipinski definition) is 5. The van der Waals surface area contributed by atoms with Gasteiger partial charge in [0.25, 0.3) is 0 Å². The third-order valence-corrected chi connectivity index (χ3v) is 8.52. The third kappa shape index (κ3) is 5.02. The van der Waals surface area contributed by atoms with Crippen molar-refractivity contribution < 1.29 is 22.0 Å². The Morgan fingerprint density at radius 2 is 1.97 bits per heavy atom. The lowest BCUT2D eigenvalue weighted by Gasteiger charge is -2.42. The third-order valence-electron chi connectivity index (χ3n) is 6.77. The van der Waals surface area contributed by atoms with Crippen LogP contribution in [0.3, 0.4) is 0 Å². The highest BCUT2D eigenvalue weighted by Gasteiger charge is 2.47. The average molecular weight is 484 g/mol. The minimum atomic E-state index is -3.60. The normalized spacial score (nSPS) is 22.7. The summed E-state index contributed by atoms with van der Waals surface area (Å²) >= 11 is 1.29. The van der Waals surface area contributed by atoms with Crippen molar-refractivity contribution in [1.82, 2.24) is 9.88 Å². The number of halogens is 2. The molecule has 2 atom stereocenters. The van der Waals surface area contributed by atoms with E-state index in [9.17, 15) is 22.0 Å². The Bertz CT molecular complexity index is 1100. The van der Waals surface area contributed by atoms with Crippen LogP contribution < -0.4 is 5.14 Å². The first-order valence-corrected chi connectivity index (χ1v) is 13.4. The van der Waals surface area contributed by atoms with Crippen molar-refractivity contribution in [2.24, 2.45) is 16.5 Å². The molecular formula is C22H27F2N3O3S2. The molecule has 1 aromatic heterocycles. The molecule has 0 unspecified atom stereocenters. The molecule has 10 heteroatoms. The van der Waals surface area contributed by atoms with Crippen LogP contribution in [0.1, 0.15) is 44.7 Å². The predicted molar refractivity (Wildman–Crippen MR) is 119 cm³/mol. The zero-order chi connectivity index (χ0) is 23.1. The van der Waals surface area contributed by atoms with Gasteiger partial charge in [0.15, 0.2) is 0 Å². The van der Waals surface area contributed by atoms with Crippen molar-refractivity contribution in [1.29, 1.82) is 0 Å². The number of sulfonamides is 1. The first kappa shape index (κ1) is 23.3. The van der Waals surface area contributed by atoms with Crippen LogP contribution in [0.5, 0.6) is 0 Å². The van der Waals surface area contributed by atoms with Crippen LogP contribution in [0.4, 0.5) is 8.78 Å². The molecule has 1 saturated heterocycles. The lowest BCUT2D eigenvalue weighted by Crippen LogP contribution is -2.49. The maximum atomic E-state index is 13.6. The molecule has 0 bridgehead atoms. The topological polar surface area (TPSA) is 93.4 Å². The van der Waals surface area contributed by atoms with E-state index < -0.39 is 21.7 Å². The number of amides is 1. The summed E-state index contributed by atoms with van der Waals surface area (Å²) in [5, 5.41) is 7.55. The molecule has 2 N–H and O–H groups in total. The standard InChI is InChI=1S/C22H27F2N3O3S2/c1-22(5-2-6-22)21(28)27-7-3-14(4-8-32(25,29)30)19(27)12-18-13-31-20(26-18)15-9-16(23)11-17(24)10-15/h9-11,13-14,19H,2-8,12H2,1H3,(H2,25,29,30)/t14-,19+/m1/s1. The second-order valence-electron chi connectivity index (χ2n) is 9.19. The van der Waals surface area contributed by atoms with Crippen LogP contribution in [0.25, 0.3) is 10.6 Å². The van der Waals surface area contributed by atoms with E-state index in [2.05, 4.69) is 4.98 Å². The largest absolute Gasteiger partial charge is 0.339 e. The Hall–Kier alpha value is -1.91. The highest BCUT2D eigenvalue weighted by Crippen LogP contribution is 2.44. The van der Waals surface area contributed by atoms with E-state index in [1.54, 1.807) is 0 Å². The Morgan fingerprint density at radius 1 is 1.28 bits per heavy atom. The maximum Gasteiger partial charge on any atom is 0.228 e. The van der Waals surface area contributed by atoms with E-state index in [-0.39, 0.29) is 29.0 Å². The SMILES string of the molecule is CC1(C(=O)N2CC[C@H](CCS(N)(=O)=O)[C@@H]2Cc2csc(-c3cc(F)cc(F)c3)n2)CCC1. The van der Waals surface area contributed by atoms with Crippen molar-refractivity contribution in [3.05, 3.63) is 40.9 Å². The number of hydrogen-bond donors (Lipinski definition) is 1. The first-order chi connectivity index (χ1) is 15.0. The van der Waals surface area contributed by atoms with Crippen molar-refractivity contribution in [3.63, 3.8) is 0 Å². The molecule has 0 spiro atoms. The summed E-state index contributed by atoms with van der Waals surface area (Å²) in [5.74, 6) is -1.34. The summed E-state index contributed by atoms with van der Waals surface area (Å²) in [4.78, 5) is 19.7. The minimum absolute atomic E-state index is 0.00212. The van der Waals surface area contributed by atoms with Gasteiger partial charge >= 0.3 is 0 Å². The first-order valence-electron chi connectivity index (χ1n) is 10.8. The van der Waals surface area contributed by atoms with Gasteiger partial charge in [0.2, 0.25) is 15.9 Å². The lowest BCUT2D eigenvalue weighted by molar-refractivity contribution is -0.147. The van der Waals surface area contributed by atoms with Crippen LogP contribution in [-0.2, 0) is 21.2 Å². The van der Waals surface area contributed by atoms with Crippen LogP contribution in [-0.4, -0.2) is 42.5 Å². The quantitative estimate of drug-likeness (QED) is 0.650.